The number of esters is 1. The van der Waals surface area contributed by atoms with Crippen LogP contribution in [0.1, 0.15) is 26.3 Å². The minimum Gasteiger partial charge on any atom is -0.460 e. The summed E-state index contributed by atoms with van der Waals surface area (Å²) in [6.07, 6.45) is -1.14. The third kappa shape index (κ3) is 5.29. The summed E-state index contributed by atoms with van der Waals surface area (Å²) >= 11 is 11.9. The van der Waals surface area contributed by atoms with Crippen LogP contribution in [0.3, 0.4) is 0 Å². The van der Waals surface area contributed by atoms with Crippen LogP contribution in [0.4, 0.5) is 0 Å². The van der Waals surface area contributed by atoms with Crippen LogP contribution >= 0.6 is 23.2 Å². The van der Waals surface area contributed by atoms with Crippen molar-refractivity contribution < 1.29 is 14.6 Å². The number of nitrogens with two attached hydrogens (primary N) is 1. The summed E-state index contributed by atoms with van der Waals surface area (Å²) in [5.41, 5.74) is 5.50. The highest BCUT2D eigenvalue weighted by Crippen LogP contribution is 2.25. The van der Waals surface area contributed by atoms with E-state index in [1.54, 1.807) is 39.0 Å². The first-order valence-corrected chi connectivity index (χ1v) is 6.96. The lowest BCUT2D eigenvalue weighted by Gasteiger charge is -2.25. The first-order chi connectivity index (χ1) is 9.10. The molecule has 0 aliphatic carbocycles. The molecule has 20 heavy (non-hydrogen) atoms. The van der Waals surface area contributed by atoms with Crippen molar-refractivity contribution in [1.82, 2.24) is 0 Å². The van der Waals surface area contributed by atoms with Gasteiger partial charge in [-0.15, -0.1) is 0 Å². The summed E-state index contributed by atoms with van der Waals surface area (Å²) in [5, 5.41) is 10.5. The molecule has 6 heteroatoms. The van der Waals surface area contributed by atoms with Crippen LogP contribution in [-0.4, -0.2) is 22.9 Å². The number of halogens is 2. The Morgan fingerprint density at radius 1 is 1.40 bits per heavy atom. The molecular formula is C14H19Cl2NO3. The van der Waals surface area contributed by atoms with Crippen LogP contribution in [0, 0.1) is 5.92 Å². The third-order valence-corrected chi connectivity index (χ3v) is 3.16. The normalized spacial score (nSPS) is 14.8. The quantitative estimate of drug-likeness (QED) is 0.661. The van der Waals surface area contributed by atoms with E-state index >= 15 is 0 Å². The van der Waals surface area contributed by atoms with Gasteiger partial charge >= 0.3 is 5.97 Å². The number of ether oxygens (including phenoxy) is 1. The van der Waals surface area contributed by atoms with Gasteiger partial charge in [0.2, 0.25) is 0 Å². The number of hydrogen-bond donors (Lipinski definition) is 2. The molecule has 0 heterocycles. The van der Waals surface area contributed by atoms with E-state index in [1.165, 1.54) is 0 Å². The van der Waals surface area contributed by atoms with Gasteiger partial charge in [0.15, 0.2) is 0 Å². The smallest absolute Gasteiger partial charge is 0.313 e. The second-order valence-corrected chi connectivity index (χ2v) is 6.41. The third-order valence-electron chi connectivity index (χ3n) is 2.58. The Bertz CT molecular complexity index is 484. The SMILES string of the molecule is CC(C)(C)OC(=O)C(Cc1ccc(Cl)cc1Cl)[C@@H](N)O. The molecular weight excluding hydrogens is 301 g/mol. The van der Waals surface area contributed by atoms with Crippen LogP contribution in [0.5, 0.6) is 0 Å². The highest BCUT2D eigenvalue weighted by Gasteiger charge is 2.30. The molecule has 0 fully saturated rings. The molecule has 0 spiro atoms. The van der Waals surface area contributed by atoms with Gasteiger partial charge in [-0.25, -0.2) is 0 Å². The standard InChI is InChI=1S/C14H19Cl2NO3/c1-14(2,3)20-13(19)10(12(17)18)6-8-4-5-9(15)7-11(8)16/h4-5,7,10,12,18H,6,17H2,1-3H3/t10?,12-/m0/s1. The maximum atomic E-state index is 12.1. The zero-order valence-corrected chi connectivity index (χ0v) is 13.2. The minimum absolute atomic E-state index is 0.183. The Morgan fingerprint density at radius 3 is 2.45 bits per heavy atom. The van der Waals surface area contributed by atoms with Crippen molar-refractivity contribution in [2.75, 3.05) is 0 Å². The van der Waals surface area contributed by atoms with Crippen molar-refractivity contribution >= 4 is 29.2 Å². The molecule has 112 valence electrons. The fourth-order valence-electron chi connectivity index (χ4n) is 1.65. The Labute approximate surface area is 128 Å². The van der Waals surface area contributed by atoms with Gasteiger partial charge in [0, 0.05) is 10.0 Å². The number of carbonyl (C=O) groups excluding carboxylic acids is 1. The number of carbonyl (C=O) groups is 1. The predicted molar refractivity (Wildman–Crippen MR) is 79.7 cm³/mol. The molecule has 1 aromatic rings. The molecule has 0 radical (unpaired) electrons. The molecule has 0 amide bonds. The first-order valence-electron chi connectivity index (χ1n) is 6.20. The second kappa shape index (κ2) is 6.76. The summed E-state index contributed by atoms with van der Waals surface area (Å²) in [6, 6.07) is 4.94. The topological polar surface area (TPSA) is 72.5 Å². The Hall–Kier alpha value is -0.810. The van der Waals surface area contributed by atoms with E-state index in [4.69, 9.17) is 33.7 Å². The number of aliphatic hydroxyl groups is 1. The monoisotopic (exact) mass is 319 g/mol. The lowest BCUT2D eigenvalue weighted by molar-refractivity contribution is -0.163. The van der Waals surface area contributed by atoms with E-state index in [0.29, 0.717) is 15.6 Å². The van der Waals surface area contributed by atoms with Gasteiger partial charge in [-0.2, -0.15) is 0 Å². The van der Waals surface area contributed by atoms with Crippen molar-refractivity contribution in [2.45, 2.75) is 39.0 Å². The van der Waals surface area contributed by atoms with Crippen LogP contribution in [0.25, 0.3) is 0 Å². The van der Waals surface area contributed by atoms with E-state index in [2.05, 4.69) is 0 Å². The molecule has 0 saturated carbocycles. The van der Waals surface area contributed by atoms with E-state index < -0.39 is 23.7 Å². The second-order valence-electron chi connectivity index (χ2n) is 5.57. The van der Waals surface area contributed by atoms with Gasteiger partial charge in [-0.05, 0) is 44.9 Å². The molecule has 2 atom stereocenters. The van der Waals surface area contributed by atoms with Crippen molar-refractivity contribution in [2.24, 2.45) is 11.7 Å². The Kier molecular flexibility index (Phi) is 5.83. The van der Waals surface area contributed by atoms with Gasteiger partial charge in [-0.3, -0.25) is 4.79 Å². The van der Waals surface area contributed by atoms with E-state index in [0.717, 1.165) is 0 Å². The van der Waals surface area contributed by atoms with Crippen LogP contribution < -0.4 is 5.73 Å². The molecule has 4 nitrogen and oxygen atoms in total. The summed E-state index contributed by atoms with van der Waals surface area (Å²) in [7, 11) is 0. The Morgan fingerprint density at radius 2 is 2.00 bits per heavy atom. The molecule has 0 saturated heterocycles. The van der Waals surface area contributed by atoms with Gasteiger partial charge in [-0.1, -0.05) is 29.3 Å². The molecule has 0 bridgehead atoms. The van der Waals surface area contributed by atoms with E-state index in [9.17, 15) is 9.90 Å². The van der Waals surface area contributed by atoms with Crippen molar-refractivity contribution in [1.29, 1.82) is 0 Å². The van der Waals surface area contributed by atoms with Crippen LogP contribution in [0.2, 0.25) is 10.0 Å². The Balaban J connectivity index is 2.90. The molecule has 0 aliphatic heterocycles. The molecule has 1 rings (SSSR count). The maximum Gasteiger partial charge on any atom is 0.313 e. The van der Waals surface area contributed by atoms with Crippen LogP contribution in [-0.2, 0) is 16.0 Å². The van der Waals surface area contributed by atoms with E-state index in [1.807, 2.05) is 0 Å². The van der Waals surface area contributed by atoms with Gasteiger partial charge in [0.1, 0.15) is 11.8 Å². The summed E-state index contributed by atoms with van der Waals surface area (Å²) < 4.78 is 5.25. The summed E-state index contributed by atoms with van der Waals surface area (Å²) in [5.74, 6) is -1.44. The molecule has 0 aromatic heterocycles. The van der Waals surface area contributed by atoms with Gasteiger partial charge < -0.3 is 15.6 Å². The van der Waals surface area contributed by atoms with Crippen molar-refractivity contribution in [3.63, 3.8) is 0 Å². The predicted octanol–water partition coefficient (Wildman–Crippen LogP) is 2.77. The number of hydrogen-bond acceptors (Lipinski definition) is 4. The minimum atomic E-state index is -1.32. The van der Waals surface area contributed by atoms with Crippen LogP contribution in [0.15, 0.2) is 18.2 Å². The van der Waals surface area contributed by atoms with Crippen molar-refractivity contribution in [3.8, 4) is 0 Å². The number of aliphatic hydroxyl groups excluding tert-OH is 1. The lowest BCUT2D eigenvalue weighted by Crippen LogP contribution is -2.40. The first kappa shape index (κ1) is 17.2. The zero-order valence-electron chi connectivity index (χ0n) is 11.7. The van der Waals surface area contributed by atoms with E-state index in [-0.39, 0.29) is 6.42 Å². The molecule has 0 aliphatic rings. The fraction of sp³-hybridized carbons (Fsp3) is 0.500. The average molecular weight is 320 g/mol. The van der Waals surface area contributed by atoms with Crippen molar-refractivity contribution in [3.05, 3.63) is 33.8 Å². The highest BCUT2D eigenvalue weighted by atomic mass is 35.5. The molecule has 3 N–H and O–H groups in total. The molecule has 1 aromatic carbocycles. The zero-order chi connectivity index (χ0) is 15.5. The fourth-order valence-corrected chi connectivity index (χ4v) is 2.13. The lowest BCUT2D eigenvalue weighted by atomic mass is 9.97. The summed E-state index contributed by atoms with van der Waals surface area (Å²) in [4.78, 5) is 12.1. The van der Waals surface area contributed by atoms with Gasteiger partial charge in [0.25, 0.3) is 0 Å². The average Bonchev–Trinajstić information content (AvgIpc) is 2.24. The highest BCUT2D eigenvalue weighted by molar-refractivity contribution is 6.35. The number of benzene rings is 1. The van der Waals surface area contributed by atoms with Gasteiger partial charge in [0.05, 0.1) is 5.92 Å². The summed E-state index contributed by atoms with van der Waals surface area (Å²) in [6.45, 7) is 5.25. The maximum absolute atomic E-state index is 12.1. The number of rotatable bonds is 4. The largest absolute Gasteiger partial charge is 0.460 e. The molecule has 1 unspecified atom stereocenters.